The van der Waals surface area contributed by atoms with E-state index < -0.39 is 6.43 Å². The smallest absolute Gasteiger partial charge is 0.264 e. The van der Waals surface area contributed by atoms with Crippen molar-refractivity contribution in [1.29, 1.82) is 0 Å². The fraction of sp³-hybridized carbons (Fsp3) is 0.571. The predicted octanol–water partition coefficient (Wildman–Crippen LogP) is 5.99. The molecule has 3 nitrogen and oxygen atoms in total. The summed E-state index contributed by atoms with van der Waals surface area (Å²) in [6.07, 6.45) is 8.84. The van der Waals surface area contributed by atoms with Gasteiger partial charge in [-0.15, -0.1) is 0 Å². The van der Waals surface area contributed by atoms with Crippen molar-refractivity contribution in [3.05, 3.63) is 35.7 Å². The average Bonchev–Trinajstić information content (AvgIpc) is 3.21. The average molecular weight is 363 g/mol. The zero-order valence-corrected chi connectivity index (χ0v) is 16.4. The molecule has 26 heavy (non-hydrogen) atoms. The molecule has 0 amide bonds. The van der Waals surface area contributed by atoms with Crippen molar-refractivity contribution in [2.24, 2.45) is 7.05 Å². The molecule has 0 atom stereocenters. The van der Waals surface area contributed by atoms with Crippen molar-refractivity contribution >= 4 is 5.69 Å². The van der Waals surface area contributed by atoms with Crippen molar-refractivity contribution in [1.82, 2.24) is 9.78 Å². The molecule has 0 radical (unpaired) electrons. The molecule has 144 valence electrons. The lowest BCUT2D eigenvalue weighted by molar-refractivity contribution is 0.152. The van der Waals surface area contributed by atoms with Gasteiger partial charge in [-0.3, -0.25) is 4.68 Å². The van der Waals surface area contributed by atoms with Crippen LogP contribution in [-0.4, -0.2) is 23.4 Å². The van der Waals surface area contributed by atoms with Gasteiger partial charge in [0, 0.05) is 43.7 Å². The number of rotatable bonds is 6. The molecule has 0 saturated carbocycles. The first-order valence-electron chi connectivity index (χ1n) is 9.63. The van der Waals surface area contributed by atoms with Gasteiger partial charge in [0.25, 0.3) is 6.43 Å². The second-order valence-corrected chi connectivity index (χ2v) is 7.00. The number of fused-ring (bicyclic) bond motifs is 1. The molecule has 1 aromatic carbocycles. The first-order valence-corrected chi connectivity index (χ1v) is 9.63. The number of hydrogen-bond acceptors (Lipinski definition) is 2. The zero-order chi connectivity index (χ0) is 19.1. The van der Waals surface area contributed by atoms with E-state index in [9.17, 15) is 8.78 Å². The van der Waals surface area contributed by atoms with E-state index in [-0.39, 0.29) is 5.56 Å². The number of hydrogen-bond donors (Lipinski definition) is 0. The Morgan fingerprint density at radius 1 is 1.08 bits per heavy atom. The van der Waals surface area contributed by atoms with Gasteiger partial charge in [0.15, 0.2) is 0 Å². The number of aryl methyl sites for hydroxylation is 1. The monoisotopic (exact) mass is 363 g/mol. The summed E-state index contributed by atoms with van der Waals surface area (Å²) >= 11 is 0. The third-order valence-electron chi connectivity index (χ3n) is 4.84. The lowest BCUT2D eigenvalue weighted by Crippen LogP contribution is -2.12. The quantitative estimate of drug-likeness (QED) is 0.587. The van der Waals surface area contributed by atoms with Gasteiger partial charge in [0.05, 0.1) is 6.20 Å². The molecule has 1 aliphatic rings. The maximum atomic E-state index is 13.3. The summed E-state index contributed by atoms with van der Waals surface area (Å²) in [6, 6.07) is 3.51. The minimum atomic E-state index is -2.48. The number of aromatic nitrogens is 2. The Hall–Kier alpha value is -1.91. The normalized spacial score (nSPS) is 13.0. The van der Waals surface area contributed by atoms with Crippen LogP contribution in [0.4, 0.5) is 14.5 Å². The molecule has 5 heteroatoms. The minimum absolute atomic E-state index is 0.0838. The fourth-order valence-electron chi connectivity index (χ4n) is 3.28. The second kappa shape index (κ2) is 9.70. The highest BCUT2D eigenvalue weighted by Gasteiger charge is 2.23. The molecule has 1 aliphatic heterocycles. The SMILES string of the molecule is CCCCCCC.CN1CCc2cc(-c3cnn(C)c3)c(C(F)F)cc21. The van der Waals surface area contributed by atoms with Crippen molar-refractivity contribution in [3.63, 3.8) is 0 Å². The Labute approximate surface area is 156 Å². The van der Waals surface area contributed by atoms with Crippen LogP contribution in [0.3, 0.4) is 0 Å². The van der Waals surface area contributed by atoms with Gasteiger partial charge in [0.1, 0.15) is 0 Å². The molecule has 2 aromatic rings. The summed E-state index contributed by atoms with van der Waals surface area (Å²) in [5.41, 5.74) is 3.47. The van der Waals surface area contributed by atoms with Gasteiger partial charge >= 0.3 is 0 Å². The predicted molar refractivity (Wildman–Crippen MR) is 105 cm³/mol. The number of halogens is 2. The lowest BCUT2D eigenvalue weighted by Gasteiger charge is -2.15. The highest BCUT2D eigenvalue weighted by Crippen LogP contribution is 2.38. The highest BCUT2D eigenvalue weighted by atomic mass is 19.3. The van der Waals surface area contributed by atoms with E-state index in [1.165, 1.54) is 32.1 Å². The molecule has 1 aromatic heterocycles. The molecular formula is C21H31F2N3. The van der Waals surface area contributed by atoms with E-state index in [1.807, 2.05) is 18.0 Å². The maximum Gasteiger partial charge on any atom is 0.264 e. The van der Waals surface area contributed by atoms with Gasteiger partial charge in [0.2, 0.25) is 0 Å². The molecule has 0 saturated heterocycles. The summed E-state index contributed by atoms with van der Waals surface area (Å²) in [5.74, 6) is 0. The van der Waals surface area contributed by atoms with E-state index >= 15 is 0 Å². The number of likely N-dealkylation sites (N-methyl/N-ethyl adjacent to an activating group) is 1. The molecule has 0 fully saturated rings. The number of nitrogens with zero attached hydrogens (tertiary/aromatic N) is 3. The van der Waals surface area contributed by atoms with Crippen LogP contribution in [0.25, 0.3) is 11.1 Å². The second-order valence-electron chi connectivity index (χ2n) is 7.00. The first kappa shape index (κ1) is 20.4. The van der Waals surface area contributed by atoms with Crippen LogP contribution >= 0.6 is 0 Å². The number of unbranched alkanes of at least 4 members (excludes halogenated alkanes) is 4. The van der Waals surface area contributed by atoms with Crippen LogP contribution in [0.2, 0.25) is 0 Å². The molecule has 0 aliphatic carbocycles. The fourth-order valence-corrected chi connectivity index (χ4v) is 3.28. The number of benzene rings is 1. The number of alkyl halides is 2. The standard InChI is InChI=1S/C14H15F2N3.C7H16/c1-18-4-3-9-5-11(10-7-17-19(2)8-10)12(14(15)16)6-13(9)18;1-3-5-7-6-4-2/h5-8,14H,3-4H2,1-2H3;3-7H2,1-2H3. The zero-order valence-electron chi connectivity index (χ0n) is 16.4. The molecule has 0 N–H and O–H groups in total. The summed E-state index contributed by atoms with van der Waals surface area (Å²) in [7, 11) is 3.72. The van der Waals surface area contributed by atoms with Crippen LogP contribution in [0.1, 0.15) is 63.5 Å². The van der Waals surface area contributed by atoms with Crippen LogP contribution in [-0.2, 0) is 13.5 Å². The van der Waals surface area contributed by atoms with Gasteiger partial charge in [-0.2, -0.15) is 5.10 Å². The van der Waals surface area contributed by atoms with Crippen molar-refractivity contribution in [2.45, 2.75) is 58.8 Å². The molecule has 2 heterocycles. The number of anilines is 1. The van der Waals surface area contributed by atoms with Crippen LogP contribution < -0.4 is 4.90 Å². The largest absolute Gasteiger partial charge is 0.374 e. The van der Waals surface area contributed by atoms with Crippen LogP contribution in [0.5, 0.6) is 0 Å². The molecular weight excluding hydrogens is 332 g/mol. The Bertz CT molecular complexity index is 691. The minimum Gasteiger partial charge on any atom is -0.374 e. The van der Waals surface area contributed by atoms with E-state index in [1.54, 1.807) is 30.2 Å². The Morgan fingerprint density at radius 3 is 2.31 bits per heavy atom. The Balaban J connectivity index is 0.000000298. The third kappa shape index (κ3) is 5.05. The third-order valence-corrected chi connectivity index (χ3v) is 4.84. The Kier molecular flexibility index (Phi) is 7.61. The summed E-state index contributed by atoms with van der Waals surface area (Å²) in [4.78, 5) is 2.02. The van der Waals surface area contributed by atoms with Gasteiger partial charge in [-0.05, 0) is 29.7 Å². The van der Waals surface area contributed by atoms with Crippen LogP contribution in [0.15, 0.2) is 24.5 Å². The van der Waals surface area contributed by atoms with Crippen LogP contribution in [0, 0.1) is 0 Å². The van der Waals surface area contributed by atoms with E-state index in [4.69, 9.17) is 0 Å². The summed E-state index contributed by atoms with van der Waals surface area (Å²) in [6.45, 7) is 5.37. The molecule has 0 spiro atoms. The van der Waals surface area contributed by atoms with Crippen molar-refractivity contribution < 1.29 is 8.78 Å². The first-order chi connectivity index (χ1) is 12.5. The topological polar surface area (TPSA) is 21.1 Å². The molecule has 0 unspecified atom stereocenters. The van der Waals surface area contributed by atoms with E-state index in [0.29, 0.717) is 5.56 Å². The van der Waals surface area contributed by atoms with Gasteiger partial charge in [-0.1, -0.05) is 46.0 Å². The van der Waals surface area contributed by atoms with Gasteiger partial charge in [-0.25, -0.2) is 8.78 Å². The van der Waals surface area contributed by atoms with E-state index in [2.05, 4.69) is 18.9 Å². The van der Waals surface area contributed by atoms with Crippen molar-refractivity contribution in [2.75, 3.05) is 18.5 Å². The lowest BCUT2D eigenvalue weighted by atomic mass is 9.98. The summed E-state index contributed by atoms with van der Waals surface area (Å²) in [5, 5.41) is 4.06. The highest BCUT2D eigenvalue weighted by molar-refractivity contribution is 5.73. The Morgan fingerprint density at radius 2 is 1.77 bits per heavy atom. The summed E-state index contributed by atoms with van der Waals surface area (Å²) < 4.78 is 28.2. The van der Waals surface area contributed by atoms with E-state index in [0.717, 1.165) is 29.8 Å². The maximum absolute atomic E-state index is 13.3. The van der Waals surface area contributed by atoms with Gasteiger partial charge < -0.3 is 4.90 Å². The van der Waals surface area contributed by atoms with Crippen molar-refractivity contribution in [3.8, 4) is 11.1 Å². The molecule has 3 rings (SSSR count). The molecule has 0 bridgehead atoms.